The first-order chi connectivity index (χ1) is 8.58. The van der Waals surface area contributed by atoms with Gasteiger partial charge in [0.05, 0.1) is 29.7 Å². The zero-order valence-corrected chi connectivity index (χ0v) is 9.80. The number of aromatic carboxylic acids is 1. The highest BCUT2D eigenvalue weighted by molar-refractivity contribution is 5.97. The number of carboxylic acid groups (broad SMARTS) is 1. The molecule has 0 radical (unpaired) electrons. The maximum atomic E-state index is 10.9. The van der Waals surface area contributed by atoms with Crippen LogP contribution >= 0.6 is 0 Å². The minimum absolute atomic E-state index is 0.0728. The van der Waals surface area contributed by atoms with E-state index in [4.69, 9.17) is 15.3 Å². The molecule has 1 aromatic heterocycles. The van der Waals surface area contributed by atoms with Crippen LogP contribution in [0.1, 0.15) is 22.0 Å². The predicted molar refractivity (Wildman–Crippen MR) is 66.4 cm³/mol. The van der Waals surface area contributed by atoms with Crippen molar-refractivity contribution in [1.82, 2.24) is 4.98 Å². The second kappa shape index (κ2) is 4.79. The Morgan fingerprint density at radius 1 is 1.56 bits per heavy atom. The number of anilines is 2. The smallest absolute Gasteiger partial charge is 0.337 e. The third kappa shape index (κ3) is 2.42. The van der Waals surface area contributed by atoms with Gasteiger partial charge in [0.1, 0.15) is 5.76 Å². The first-order valence-electron chi connectivity index (χ1n) is 5.35. The highest BCUT2D eigenvalue weighted by Crippen LogP contribution is 2.23. The molecule has 0 fully saturated rings. The summed E-state index contributed by atoms with van der Waals surface area (Å²) in [7, 11) is 0. The Balaban J connectivity index is 2.14. The minimum Gasteiger partial charge on any atom is -0.478 e. The molecule has 0 aliphatic carbocycles. The van der Waals surface area contributed by atoms with Gasteiger partial charge >= 0.3 is 5.97 Å². The Bertz CT molecular complexity index is 578. The van der Waals surface area contributed by atoms with Crippen LogP contribution in [0.4, 0.5) is 11.4 Å². The fourth-order valence-electron chi connectivity index (χ4n) is 1.56. The lowest BCUT2D eigenvalue weighted by atomic mass is 10.1. The summed E-state index contributed by atoms with van der Waals surface area (Å²) in [6.45, 7) is 2.15. The van der Waals surface area contributed by atoms with Crippen molar-refractivity contribution in [2.24, 2.45) is 0 Å². The molecule has 0 spiro atoms. The highest BCUT2D eigenvalue weighted by Gasteiger charge is 2.11. The van der Waals surface area contributed by atoms with E-state index < -0.39 is 5.97 Å². The van der Waals surface area contributed by atoms with Crippen molar-refractivity contribution in [3.63, 3.8) is 0 Å². The molecule has 94 valence electrons. The van der Waals surface area contributed by atoms with Gasteiger partial charge in [-0.3, -0.25) is 0 Å². The van der Waals surface area contributed by atoms with Crippen LogP contribution in [-0.2, 0) is 6.54 Å². The molecule has 18 heavy (non-hydrogen) atoms. The summed E-state index contributed by atoms with van der Waals surface area (Å²) in [5.41, 5.74) is 6.58. The van der Waals surface area contributed by atoms with Crippen LogP contribution in [0.2, 0.25) is 0 Å². The summed E-state index contributed by atoms with van der Waals surface area (Å²) in [5, 5.41) is 11.9. The van der Waals surface area contributed by atoms with E-state index in [1.165, 1.54) is 6.07 Å². The number of aromatic nitrogens is 1. The number of hydrogen-bond acceptors (Lipinski definition) is 5. The molecule has 0 saturated carbocycles. The van der Waals surface area contributed by atoms with E-state index in [0.717, 1.165) is 5.76 Å². The van der Waals surface area contributed by atoms with Gasteiger partial charge in [0.15, 0.2) is 0 Å². The Morgan fingerprint density at radius 2 is 2.33 bits per heavy atom. The van der Waals surface area contributed by atoms with Gasteiger partial charge in [-0.2, -0.15) is 0 Å². The van der Waals surface area contributed by atoms with E-state index >= 15 is 0 Å². The molecule has 1 heterocycles. The Kier molecular flexibility index (Phi) is 3.18. The van der Waals surface area contributed by atoms with Gasteiger partial charge < -0.3 is 20.6 Å². The normalized spacial score (nSPS) is 10.3. The number of nitrogens with two attached hydrogens (primary N) is 1. The summed E-state index contributed by atoms with van der Waals surface area (Å²) in [6.07, 6.45) is 1.62. The number of nitrogens with one attached hydrogen (secondary N) is 1. The number of nitrogen functional groups attached to an aromatic ring is 1. The van der Waals surface area contributed by atoms with Crippen molar-refractivity contribution in [2.75, 3.05) is 11.1 Å². The molecular formula is C12H13N3O3. The SMILES string of the molecule is Cc1cnc(CNc2cccc(C(=O)O)c2N)o1. The summed E-state index contributed by atoms with van der Waals surface area (Å²) >= 11 is 0. The highest BCUT2D eigenvalue weighted by atomic mass is 16.4. The lowest BCUT2D eigenvalue weighted by Crippen LogP contribution is -2.07. The summed E-state index contributed by atoms with van der Waals surface area (Å²) in [4.78, 5) is 14.9. The number of carboxylic acids is 1. The molecule has 0 atom stereocenters. The van der Waals surface area contributed by atoms with Gasteiger partial charge in [0.2, 0.25) is 5.89 Å². The molecule has 6 heteroatoms. The summed E-state index contributed by atoms with van der Waals surface area (Å²) < 4.78 is 5.29. The van der Waals surface area contributed by atoms with Gasteiger partial charge in [0, 0.05) is 0 Å². The van der Waals surface area contributed by atoms with Crippen molar-refractivity contribution in [1.29, 1.82) is 0 Å². The second-order valence-electron chi connectivity index (χ2n) is 3.79. The third-order valence-corrected chi connectivity index (χ3v) is 2.44. The van der Waals surface area contributed by atoms with Crippen LogP contribution in [0.25, 0.3) is 0 Å². The van der Waals surface area contributed by atoms with Crippen LogP contribution in [0.3, 0.4) is 0 Å². The molecule has 4 N–H and O–H groups in total. The number of aryl methyl sites for hydroxylation is 1. The van der Waals surface area contributed by atoms with Crippen LogP contribution in [-0.4, -0.2) is 16.1 Å². The molecule has 0 aliphatic rings. The number of para-hydroxylation sites is 1. The van der Waals surface area contributed by atoms with Crippen LogP contribution < -0.4 is 11.1 Å². The van der Waals surface area contributed by atoms with E-state index in [1.807, 2.05) is 0 Å². The molecule has 1 aromatic carbocycles. The third-order valence-electron chi connectivity index (χ3n) is 2.44. The number of carbonyl (C=O) groups is 1. The predicted octanol–water partition coefficient (Wildman–Crippen LogP) is 1.88. The maximum Gasteiger partial charge on any atom is 0.337 e. The largest absolute Gasteiger partial charge is 0.478 e. The molecule has 0 saturated heterocycles. The van der Waals surface area contributed by atoms with E-state index in [9.17, 15) is 4.79 Å². The van der Waals surface area contributed by atoms with Gasteiger partial charge in [-0.05, 0) is 19.1 Å². The Morgan fingerprint density at radius 3 is 2.94 bits per heavy atom. The minimum atomic E-state index is -1.05. The van der Waals surface area contributed by atoms with E-state index in [0.29, 0.717) is 18.1 Å². The number of nitrogens with zero attached hydrogens (tertiary/aromatic N) is 1. The van der Waals surface area contributed by atoms with Crippen LogP contribution in [0, 0.1) is 6.92 Å². The lowest BCUT2D eigenvalue weighted by molar-refractivity contribution is 0.0698. The first-order valence-corrected chi connectivity index (χ1v) is 5.35. The average Bonchev–Trinajstić information content (AvgIpc) is 2.73. The Labute approximate surface area is 103 Å². The topological polar surface area (TPSA) is 101 Å². The fraction of sp³-hybridized carbons (Fsp3) is 0.167. The molecule has 0 unspecified atom stereocenters. The molecular weight excluding hydrogens is 234 g/mol. The fourth-order valence-corrected chi connectivity index (χ4v) is 1.56. The van der Waals surface area contributed by atoms with Crippen molar-refractivity contribution in [2.45, 2.75) is 13.5 Å². The van der Waals surface area contributed by atoms with Crippen LogP contribution in [0.15, 0.2) is 28.8 Å². The lowest BCUT2D eigenvalue weighted by Gasteiger charge is -2.09. The molecule has 2 aromatic rings. The molecule has 0 bridgehead atoms. The first kappa shape index (κ1) is 12.0. The van der Waals surface area contributed by atoms with Crippen molar-refractivity contribution < 1.29 is 14.3 Å². The van der Waals surface area contributed by atoms with Crippen LogP contribution in [0.5, 0.6) is 0 Å². The van der Waals surface area contributed by atoms with Crippen molar-refractivity contribution >= 4 is 17.3 Å². The van der Waals surface area contributed by atoms with Crippen molar-refractivity contribution in [3.8, 4) is 0 Å². The standard InChI is InChI=1S/C12H13N3O3/c1-7-5-15-10(18-7)6-14-9-4-2-3-8(11(9)13)12(16)17/h2-5,14H,6,13H2,1H3,(H,16,17). The van der Waals surface area contributed by atoms with Gasteiger partial charge in [-0.15, -0.1) is 0 Å². The zero-order chi connectivity index (χ0) is 13.1. The van der Waals surface area contributed by atoms with E-state index in [1.54, 1.807) is 25.3 Å². The van der Waals surface area contributed by atoms with Gasteiger partial charge in [-0.1, -0.05) is 6.07 Å². The zero-order valence-electron chi connectivity index (χ0n) is 9.80. The molecule has 2 rings (SSSR count). The summed E-state index contributed by atoms with van der Waals surface area (Å²) in [5.74, 6) is 0.190. The Hall–Kier alpha value is -2.50. The molecule has 6 nitrogen and oxygen atoms in total. The number of benzene rings is 1. The summed E-state index contributed by atoms with van der Waals surface area (Å²) in [6, 6.07) is 4.79. The average molecular weight is 247 g/mol. The molecule has 0 aliphatic heterocycles. The number of rotatable bonds is 4. The maximum absolute atomic E-state index is 10.9. The quantitative estimate of drug-likeness (QED) is 0.713. The van der Waals surface area contributed by atoms with Gasteiger partial charge in [0.25, 0.3) is 0 Å². The molecule has 0 amide bonds. The second-order valence-corrected chi connectivity index (χ2v) is 3.79. The number of hydrogen-bond donors (Lipinski definition) is 3. The van der Waals surface area contributed by atoms with E-state index in [-0.39, 0.29) is 11.3 Å². The van der Waals surface area contributed by atoms with Crippen molar-refractivity contribution in [3.05, 3.63) is 41.6 Å². The van der Waals surface area contributed by atoms with Gasteiger partial charge in [-0.25, -0.2) is 9.78 Å². The monoisotopic (exact) mass is 247 g/mol. The van der Waals surface area contributed by atoms with E-state index in [2.05, 4.69) is 10.3 Å². The number of oxazole rings is 1.